The number of sulfonamides is 1. The van der Waals surface area contributed by atoms with Crippen LogP contribution in [0.25, 0.3) is 10.2 Å². The second-order valence-corrected chi connectivity index (χ2v) is 8.56. The Morgan fingerprint density at radius 1 is 1.17 bits per heavy atom. The van der Waals surface area contributed by atoms with Crippen LogP contribution in [0.4, 0.5) is 0 Å². The number of aromatic nitrogens is 1. The number of hydrogen-bond donors (Lipinski definition) is 0. The maximum atomic E-state index is 12.6. The van der Waals surface area contributed by atoms with E-state index in [0.717, 1.165) is 20.3 Å². The first-order valence-corrected chi connectivity index (χ1v) is 10.1. The van der Waals surface area contributed by atoms with Gasteiger partial charge in [-0.1, -0.05) is 35.1 Å². The van der Waals surface area contributed by atoms with Gasteiger partial charge in [0.2, 0.25) is 4.80 Å². The molecule has 2 aromatic carbocycles. The van der Waals surface area contributed by atoms with Crippen molar-refractivity contribution in [1.29, 1.82) is 0 Å². The maximum absolute atomic E-state index is 12.6. The number of aryl methyl sites for hydroxylation is 2. The van der Waals surface area contributed by atoms with Crippen LogP contribution in [0.3, 0.4) is 0 Å². The average molecular weight is 411 g/mol. The Hall–Kier alpha value is -1.44. The molecule has 120 valence electrons. The topological polar surface area (TPSA) is 51.4 Å². The molecule has 0 radical (unpaired) electrons. The highest BCUT2D eigenvalue weighted by molar-refractivity contribution is 9.10. The van der Waals surface area contributed by atoms with Crippen LogP contribution in [0, 0.1) is 6.92 Å². The van der Waals surface area contributed by atoms with Gasteiger partial charge in [0.15, 0.2) is 0 Å². The van der Waals surface area contributed by atoms with Crippen LogP contribution in [-0.4, -0.2) is 13.0 Å². The average Bonchev–Trinajstić information content (AvgIpc) is 2.85. The molecule has 0 bridgehead atoms. The van der Waals surface area contributed by atoms with E-state index in [-0.39, 0.29) is 4.90 Å². The molecule has 0 saturated heterocycles. The van der Waals surface area contributed by atoms with Gasteiger partial charge in [0.05, 0.1) is 15.1 Å². The molecular formula is C16H15BrN2O2S2. The summed E-state index contributed by atoms with van der Waals surface area (Å²) in [4.78, 5) is 0.692. The Balaban J connectivity index is 2.25. The van der Waals surface area contributed by atoms with Gasteiger partial charge >= 0.3 is 0 Å². The van der Waals surface area contributed by atoms with Crippen LogP contribution >= 0.6 is 27.3 Å². The summed E-state index contributed by atoms with van der Waals surface area (Å²) in [6, 6.07) is 12.6. The van der Waals surface area contributed by atoms with Crippen LogP contribution in [0.1, 0.15) is 12.5 Å². The van der Waals surface area contributed by atoms with Crippen LogP contribution in [0.15, 0.2) is 56.2 Å². The number of fused-ring (bicyclic) bond motifs is 1. The third kappa shape index (κ3) is 3.13. The minimum atomic E-state index is -3.72. The van der Waals surface area contributed by atoms with E-state index in [1.54, 1.807) is 24.3 Å². The number of hydrogen-bond acceptors (Lipinski definition) is 3. The molecule has 0 aliphatic rings. The lowest BCUT2D eigenvalue weighted by Crippen LogP contribution is -2.16. The fraction of sp³-hybridized carbons (Fsp3) is 0.188. The first kappa shape index (κ1) is 16.4. The van der Waals surface area contributed by atoms with Crippen LogP contribution < -0.4 is 4.80 Å². The van der Waals surface area contributed by atoms with E-state index >= 15 is 0 Å². The molecule has 7 heteroatoms. The third-order valence-electron chi connectivity index (χ3n) is 3.49. The molecule has 3 rings (SSSR count). The van der Waals surface area contributed by atoms with Crippen LogP contribution in [0.2, 0.25) is 0 Å². The Labute approximate surface area is 147 Å². The van der Waals surface area contributed by atoms with Gasteiger partial charge < -0.3 is 4.57 Å². The molecule has 0 atom stereocenters. The van der Waals surface area contributed by atoms with Crippen molar-refractivity contribution in [2.45, 2.75) is 25.3 Å². The van der Waals surface area contributed by atoms with E-state index in [2.05, 4.69) is 20.3 Å². The van der Waals surface area contributed by atoms with Crippen LogP contribution in [-0.2, 0) is 16.6 Å². The first-order valence-electron chi connectivity index (χ1n) is 7.08. The molecule has 0 fully saturated rings. The van der Waals surface area contributed by atoms with Crippen molar-refractivity contribution in [1.82, 2.24) is 4.57 Å². The molecule has 1 heterocycles. The van der Waals surface area contributed by atoms with Gasteiger partial charge in [-0.3, -0.25) is 0 Å². The molecule has 4 nitrogen and oxygen atoms in total. The monoisotopic (exact) mass is 410 g/mol. The Kier molecular flexibility index (Phi) is 4.44. The summed E-state index contributed by atoms with van der Waals surface area (Å²) in [6.07, 6.45) is 0. The van der Waals surface area contributed by atoms with Crippen molar-refractivity contribution < 1.29 is 8.42 Å². The van der Waals surface area contributed by atoms with Crippen molar-refractivity contribution in [3.05, 3.63) is 57.3 Å². The normalized spacial score (nSPS) is 12.9. The van der Waals surface area contributed by atoms with E-state index < -0.39 is 10.0 Å². The number of benzene rings is 2. The van der Waals surface area contributed by atoms with Crippen molar-refractivity contribution in [2.24, 2.45) is 4.40 Å². The zero-order valence-corrected chi connectivity index (χ0v) is 15.9. The van der Waals surface area contributed by atoms with Gasteiger partial charge in [0.1, 0.15) is 0 Å². The molecule has 23 heavy (non-hydrogen) atoms. The second-order valence-electron chi connectivity index (χ2n) is 5.09. The van der Waals surface area contributed by atoms with Crippen molar-refractivity contribution in [3.63, 3.8) is 0 Å². The zero-order chi connectivity index (χ0) is 16.6. The largest absolute Gasteiger partial charge is 0.315 e. The van der Waals surface area contributed by atoms with E-state index in [1.807, 2.05) is 36.6 Å². The van der Waals surface area contributed by atoms with E-state index in [0.29, 0.717) is 11.3 Å². The fourth-order valence-electron chi connectivity index (χ4n) is 2.32. The Morgan fingerprint density at radius 2 is 1.87 bits per heavy atom. The fourth-order valence-corrected chi connectivity index (χ4v) is 5.35. The first-order chi connectivity index (χ1) is 10.9. The highest BCUT2D eigenvalue weighted by atomic mass is 79.9. The Morgan fingerprint density at radius 3 is 2.52 bits per heavy atom. The Bertz CT molecular complexity index is 1030. The molecule has 0 saturated carbocycles. The molecule has 0 N–H and O–H groups in total. The minimum Gasteiger partial charge on any atom is -0.315 e. The van der Waals surface area contributed by atoms with Gasteiger partial charge in [-0.2, -0.15) is 8.42 Å². The molecule has 0 aliphatic heterocycles. The molecule has 3 aromatic rings. The standard InChI is InChI=1S/C16H15BrN2O2S2/c1-3-19-15-13(17)5-4-6-14(15)22-16(19)18-23(20,21)12-9-7-11(2)8-10-12/h4-10H,3H2,1-2H3/b18-16-. The summed E-state index contributed by atoms with van der Waals surface area (Å²) in [5, 5.41) is 0. The van der Waals surface area contributed by atoms with E-state index in [9.17, 15) is 8.42 Å². The van der Waals surface area contributed by atoms with Gasteiger partial charge in [-0.25, -0.2) is 0 Å². The third-order valence-corrected chi connectivity index (χ3v) is 6.57. The summed E-state index contributed by atoms with van der Waals surface area (Å²) >= 11 is 4.90. The van der Waals surface area contributed by atoms with E-state index in [1.165, 1.54) is 11.3 Å². The highest BCUT2D eigenvalue weighted by Crippen LogP contribution is 2.26. The van der Waals surface area contributed by atoms with E-state index in [4.69, 9.17) is 0 Å². The SMILES string of the molecule is CCn1/c(=N/S(=O)(=O)c2ccc(C)cc2)sc2cccc(Br)c21. The molecule has 0 amide bonds. The maximum Gasteiger partial charge on any atom is 0.285 e. The zero-order valence-electron chi connectivity index (χ0n) is 12.7. The lowest BCUT2D eigenvalue weighted by molar-refractivity contribution is 0.595. The van der Waals surface area contributed by atoms with Crippen LogP contribution in [0.5, 0.6) is 0 Å². The summed E-state index contributed by atoms with van der Waals surface area (Å²) in [5.41, 5.74) is 1.98. The van der Waals surface area contributed by atoms with Crippen molar-refractivity contribution >= 4 is 47.5 Å². The number of para-hydroxylation sites is 1. The van der Waals surface area contributed by atoms with Crippen molar-refractivity contribution in [3.8, 4) is 0 Å². The number of halogens is 1. The highest BCUT2D eigenvalue weighted by Gasteiger charge is 2.15. The predicted molar refractivity (Wildman–Crippen MR) is 97.1 cm³/mol. The quantitative estimate of drug-likeness (QED) is 0.652. The smallest absolute Gasteiger partial charge is 0.285 e. The second kappa shape index (κ2) is 6.22. The molecule has 0 spiro atoms. The predicted octanol–water partition coefficient (Wildman–Crippen LogP) is 4.08. The van der Waals surface area contributed by atoms with Gasteiger partial charge in [-0.15, -0.1) is 4.40 Å². The molecular weight excluding hydrogens is 396 g/mol. The lowest BCUT2D eigenvalue weighted by Gasteiger charge is -2.03. The van der Waals surface area contributed by atoms with Gasteiger partial charge in [-0.05, 0) is 54.0 Å². The number of rotatable bonds is 3. The van der Waals surface area contributed by atoms with Gasteiger partial charge in [0.25, 0.3) is 10.0 Å². The molecule has 0 unspecified atom stereocenters. The number of thiazole rings is 1. The summed E-state index contributed by atoms with van der Waals surface area (Å²) < 4.78 is 33.0. The minimum absolute atomic E-state index is 0.210. The lowest BCUT2D eigenvalue weighted by atomic mass is 10.2. The van der Waals surface area contributed by atoms with Crippen molar-refractivity contribution in [2.75, 3.05) is 0 Å². The number of nitrogens with zero attached hydrogens (tertiary/aromatic N) is 2. The molecule has 0 aliphatic carbocycles. The molecule has 1 aromatic heterocycles. The summed E-state index contributed by atoms with van der Waals surface area (Å²) in [5.74, 6) is 0. The summed E-state index contributed by atoms with van der Waals surface area (Å²) in [6.45, 7) is 4.54. The van der Waals surface area contributed by atoms with Gasteiger partial charge in [0, 0.05) is 11.0 Å². The summed E-state index contributed by atoms with van der Waals surface area (Å²) in [7, 11) is -3.72.